The third-order valence-electron chi connectivity index (χ3n) is 4.64. The molecule has 0 aromatic rings. The van der Waals surface area contributed by atoms with Crippen LogP contribution in [0.4, 0.5) is 0 Å². The molecule has 0 aromatic heterocycles. The predicted octanol–water partition coefficient (Wildman–Crippen LogP) is 3.05. The average Bonchev–Trinajstić information content (AvgIpc) is 2.45. The molecule has 0 bridgehead atoms. The van der Waals surface area contributed by atoms with Gasteiger partial charge < -0.3 is 14.6 Å². The van der Waals surface area contributed by atoms with E-state index in [9.17, 15) is 4.79 Å². The number of ketones is 1. The van der Waals surface area contributed by atoms with Gasteiger partial charge in [0.1, 0.15) is 5.78 Å². The smallest absolute Gasteiger partial charge is 0.130 e. The molecule has 0 amide bonds. The highest BCUT2D eigenvalue weighted by Crippen LogP contribution is 2.23. The van der Waals surface area contributed by atoms with Gasteiger partial charge in [0.25, 0.3) is 0 Å². The van der Waals surface area contributed by atoms with E-state index < -0.39 is 0 Å². The lowest BCUT2D eigenvalue weighted by Crippen LogP contribution is -2.40. The Labute approximate surface area is 125 Å². The molecule has 2 saturated heterocycles. The van der Waals surface area contributed by atoms with Crippen LogP contribution in [-0.2, 0) is 4.79 Å². The summed E-state index contributed by atoms with van der Waals surface area (Å²) in [5.41, 5.74) is 0. The van der Waals surface area contributed by atoms with Crippen molar-refractivity contribution in [2.75, 3.05) is 39.8 Å². The molecule has 0 aromatic carbocycles. The fraction of sp³-hybridized carbons (Fsp3) is 0.941. The van der Waals surface area contributed by atoms with Crippen LogP contribution in [0.1, 0.15) is 52.9 Å². The Kier molecular flexibility index (Phi) is 8.39. The Morgan fingerprint density at radius 3 is 1.95 bits per heavy atom. The van der Waals surface area contributed by atoms with Gasteiger partial charge in [-0.15, -0.1) is 0 Å². The summed E-state index contributed by atoms with van der Waals surface area (Å²) < 4.78 is 0. The maximum atomic E-state index is 11.1. The average molecular weight is 282 g/mol. The van der Waals surface area contributed by atoms with Crippen molar-refractivity contribution in [3.63, 3.8) is 0 Å². The molecule has 2 aliphatic heterocycles. The van der Waals surface area contributed by atoms with Crippen LogP contribution in [0.25, 0.3) is 0 Å². The van der Waals surface area contributed by atoms with E-state index in [1.165, 1.54) is 58.4 Å². The highest BCUT2D eigenvalue weighted by atomic mass is 16.1. The van der Waals surface area contributed by atoms with E-state index in [4.69, 9.17) is 0 Å². The van der Waals surface area contributed by atoms with E-state index in [1.54, 1.807) is 6.92 Å². The quantitative estimate of drug-likeness (QED) is 0.792. The summed E-state index contributed by atoms with van der Waals surface area (Å²) in [6, 6.07) is 0. The Bertz CT molecular complexity index is 264. The first kappa shape index (κ1) is 17.6. The summed E-state index contributed by atoms with van der Waals surface area (Å²) in [5.74, 6) is 1.94. The van der Waals surface area contributed by atoms with Crippen molar-refractivity contribution >= 4 is 5.78 Å². The van der Waals surface area contributed by atoms with Crippen molar-refractivity contribution in [2.24, 2.45) is 11.8 Å². The van der Waals surface area contributed by atoms with Crippen LogP contribution in [-0.4, -0.2) is 55.4 Å². The molecule has 3 heteroatoms. The van der Waals surface area contributed by atoms with Gasteiger partial charge in [0.05, 0.1) is 0 Å². The number of Topliss-reactive ketones (excluding diaryl/α,β-unsaturated/α-hetero) is 1. The zero-order valence-corrected chi connectivity index (χ0v) is 14.0. The number of hydrogen-bond acceptors (Lipinski definition) is 3. The zero-order valence-electron chi connectivity index (χ0n) is 14.0. The second-order valence-corrected chi connectivity index (χ2v) is 6.40. The molecule has 118 valence electrons. The minimum absolute atomic E-state index is 0.365. The Hall–Kier alpha value is -0.410. The molecule has 2 rings (SSSR count). The number of piperidine rings is 2. The van der Waals surface area contributed by atoms with Gasteiger partial charge in [-0.3, -0.25) is 0 Å². The molecule has 0 N–H and O–H groups in total. The van der Waals surface area contributed by atoms with E-state index in [0.29, 0.717) is 11.7 Å². The SMILES string of the molecule is CC.CC(=O)CC1CCN(CC2CCN(C)CC2)CC1. The van der Waals surface area contributed by atoms with E-state index in [1.807, 2.05) is 13.8 Å². The monoisotopic (exact) mass is 282 g/mol. The molecule has 0 unspecified atom stereocenters. The number of hydrogen-bond donors (Lipinski definition) is 0. The Balaban J connectivity index is 0.000000956. The lowest BCUT2D eigenvalue weighted by molar-refractivity contribution is -0.118. The van der Waals surface area contributed by atoms with Crippen molar-refractivity contribution in [3.8, 4) is 0 Å². The molecule has 0 radical (unpaired) electrons. The predicted molar refractivity (Wildman–Crippen MR) is 86.0 cm³/mol. The van der Waals surface area contributed by atoms with Gasteiger partial charge in [-0.05, 0) is 77.7 Å². The lowest BCUT2D eigenvalue weighted by Gasteiger charge is -2.36. The number of likely N-dealkylation sites (tertiary alicyclic amines) is 2. The van der Waals surface area contributed by atoms with Gasteiger partial charge in [-0.2, -0.15) is 0 Å². The van der Waals surface area contributed by atoms with Gasteiger partial charge in [0, 0.05) is 13.0 Å². The number of carbonyl (C=O) groups is 1. The maximum Gasteiger partial charge on any atom is 0.130 e. The minimum atomic E-state index is 0.365. The number of nitrogens with zero attached hydrogens (tertiary/aromatic N) is 2. The number of rotatable bonds is 4. The standard InChI is InChI=1S/C15H28N2O.C2H6/c1-13(18)11-14-5-9-17(10-6-14)12-15-3-7-16(2)8-4-15;1-2/h14-15H,3-12H2,1-2H3;1-2H3. The van der Waals surface area contributed by atoms with Crippen molar-refractivity contribution in [2.45, 2.75) is 52.9 Å². The molecule has 0 spiro atoms. The van der Waals surface area contributed by atoms with E-state index >= 15 is 0 Å². The van der Waals surface area contributed by atoms with Crippen LogP contribution in [0.3, 0.4) is 0 Å². The van der Waals surface area contributed by atoms with Crippen LogP contribution >= 0.6 is 0 Å². The van der Waals surface area contributed by atoms with Crippen LogP contribution < -0.4 is 0 Å². The van der Waals surface area contributed by atoms with Crippen molar-refractivity contribution < 1.29 is 4.79 Å². The second kappa shape index (κ2) is 9.51. The summed E-state index contributed by atoms with van der Waals surface area (Å²) in [7, 11) is 2.23. The number of carbonyl (C=O) groups excluding carboxylic acids is 1. The topological polar surface area (TPSA) is 23.6 Å². The fourth-order valence-corrected chi connectivity index (χ4v) is 3.39. The highest BCUT2D eigenvalue weighted by Gasteiger charge is 2.24. The molecular weight excluding hydrogens is 248 g/mol. The lowest BCUT2D eigenvalue weighted by atomic mass is 9.90. The van der Waals surface area contributed by atoms with E-state index in [-0.39, 0.29) is 0 Å². The molecule has 2 heterocycles. The van der Waals surface area contributed by atoms with Crippen LogP contribution in [0.2, 0.25) is 0 Å². The summed E-state index contributed by atoms with van der Waals surface area (Å²) >= 11 is 0. The first-order chi connectivity index (χ1) is 9.63. The minimum Gasteiger partial charge on any atom is -0.306 e. The molecule has 2 aliphatic rings. The van der Waals surface area contributed by atoms with E-state index in [0.717, 1.165) is 12.3 Å². The molecular formula is C17H34N2O. The van der Waals surface area contributed by atoms with Crippen molar-refractivity contribution in [1.29, 1.82) is 0 Å². The van der Waals surface area contributed by atoms with Crippen molar-refractivity contribution in [3.05, 3.63) is 0 Å². The molecule has 20 heavy (non-hydrogen) atoms. The summed E-state index contributed by atoms with van der Waals surface area (Å²) in [5, 5.41) is 0. The Morgan fingerprint density at radius 1 is 0.950 bits per heavy atom. The second-order valence-electron chi connectivity index (χ2n) is 6.40. The molecule has 2 fully saturated rings. The van der Waals surface area contributed by atoms with Gasteiger partial charge in [-0.1, -0.05) is 13.8 Å². The van der Waals surface area contributed by atoms with Gasteiger partial charge >= 0.3 is 0 Å². The normalized spacial score (nSPS) is 23.2. The van der Waals surface area contributed by atoms with Crippen LogP contribution in [0.15, 0.2) is 0 Å². The maximum absolute atomic E-state index is 11.1. The van der Waals surface area contributed by atoms with Crippen molar-refractivity contribution in [1.82, 2.24) is 9.80 Å². The summed E-state index contributed by atoms with van der Waals surface area (Å²) in [6.45, 7) is 12.0. The van der Waals surface area contributed by atoms with Gasteiger partial charge in [-0.25, -0.2) is 0 Å². The first-order valence-electron chi connectivity index (χ1n) is 8.54. The van der Waals surface area contributed by atoms with E-state index in [2.05, 4.69) is 16.8 Å². The summed E-state index contributed by atoms with van der Waals surface area (Å²) in [4.78, 5) is 16.2. The Morgan fingerprint density at radius 2 is 1.45 bits per heavy atom. The first-order valence-corrected chi connectivity index (χ1v) is 8.54. The third-order valence-corrected chi connectivity index (χ3v) is 4.64. The van der Waals surface area contributed by atoms with Crippen LogP contribution in [0.5, 0.6) is 0 Å². The molecule has 0 aliphatic carbocycles. The molecule has 3 nitrogen and oxygen atoms in total. The molecule has 0 saturated carbocycles. The summed E-state index contributed by atoms with van der Waals surface area (Å²) in [6.07, 6.45) is 5.99. The highest BCUT2D eigenvalue weighted by molar-refractivity contribution is 5.75. The van der Waals surface area contributed by atoms with Gasteiger partial charge in [0.2, 0.25) is 0 Å². The van der Waals surface area contributed by atoms with Crippen LogP contribution in [0, 0.1) is 11.8 Å². The largest absolute Gasteiger partial charge is 0.306 e. The fourth-order valence-electron chi connectivity index (χ4n) is 3.39. The third kappa shape index (κ3) is 6.36. The van der Waals surface area contributed by atoms with Gasteiger partial charge in [0.15, 0.2) is 0 Å². The zero-order chi connectivity index (χ0) is 15.0. The molecule has 0 atom stereocenters.